The molecule has 0 aromatic carbocycles. The Labute approximate surface area is 160 Å². The van der Waals surface area contributed by atoms with Crippen molar-refractivity contribution in [2.45, 2.75) is 36.6 Å². The molecule has 0 aliphatic carbocycles. The van der Waals surface area contributed by atoms with Crippen LogP contribution in [0.2, 0.25) is 0 Å². The molecule has 2 N–H and O–H groups in total. The average Bonchev–Trinajstić information content (AvgIpc) is 2.92. The Morgan fingerprint density at radius 2 is 1.53 bits per heavy atom. The van der Waals surface area contributed by atoms with Crippen molar-refractivity contribution in [1.29, 1.82) is 0 Å². The molecule has 30 heavy (non-hydrogen) atoms. The predicted octanol–water partition coefficient (Wildman–Crippen LogP) is 2.90. The number of amides is 1. The number of carbonyl (C=O) groups is 1. The molecule has 1 aromatic heterocycles. The van der Waals surface area contributed by atoms with Crippen LogP contribution >= 0.6 is 0 Å². The predicted molar refractivity (Wildman–Crippen MR) is 78.6 cm³/mol. The zero-order chi connectivity index (χ0) is 23.3. The van der Waals surface area contributed by atoms with Gasteiger partial charge >= 0.3 is 23.9 Å². The molecule has 0 spiro atoms. The number of nitrogens with zero attached hydrogens (tertiary/aromatic N) is 4. The highest BCUT2D eigenvalue weighted by Gasteiger charge is 2.88. The standard InChI is InChI=1S/C14H9F9N4O3/c1-6-8(26-30)10(29,27(25-6)9(28)7-2-4-24-5-3-7)11(15,16)12(17,18)13(19,20)14(21,22)23/h2-5,29-30H,1H3. The summed E-state index contributed by atoms with van der Waals surface area (Å²) >= 11 is 0. The summed E-state index contributed by atoms with van der Waals surface area (Å²) in [4.78, 5) is 15.9. The van der Waals surface area contributed by atoms with Gasteiger partial charge in [0.15, 0.2) is 5.71 Å². The lowest BCUT2D eigenvalue weighted by molar-refractivity contribution is -0.417. The molecule has 1 amide bonds. The molecule has 0 radical (unpaired) electrons. The van der Waals surface area contributed by atoms with E-state index in [0.717, 1.165) is 24.5 Å². The highest BCUT2D eigenvalue weighted by atomic mass is 19.4. The third-order valence-corrected chi connectivity index (χ3v) is 4.03. The van der Waals surface area contributed by atoms with Gasteiger partial charge in [-0.3, -0.25) is 9.78 Å². The summed E-state index contributed by atoms with van der Waals surface area (Å²) in [6.07, 6.45) is -5.36. The minimum absolute atomic E-state index is 0.635. The fraction of sp³-hybridized carbons (Fsp3) is 0.429. The van der Waals surface area contributed by atoms with E-state index < -0.39 is 57.6 Å². The highest BCUT2D eigenvalue weighted by molar-refractivity contribution is 6.46. The Hall–Kier alpha value is -2.91. The molecular formula is C14H9F9N4O3. The molecule has 1 aliphatic rings. The number of rotatable bonds is 4. The number of aromatic nitrogens is 1. The molecule has 0 fully saturated rings. The first-order valence-electron chi connectivity index (χ1n) is 7.43. The van der Waals surface area contributed by atoms with Gasteiger partial charge in [0, 0.05) is 18.0 Å². The number of oxime groups is 1. The lowest BCUT2D eigenvalue weighted by Gasteiger charge is -2.42. The average molecular weight is 452 g/mol. The maximum Gasteiger partial charge on any atom is 0.460 e. The van der Waals surface area contributed by atoms with Crippen molar-refractivity contribution in [3.05, 3.63) is 30.1 Å². The number of hydrogen-bond donors (Lipinski definition) is 2. The summed E-state index contributed by atoms with van der Waals surface area (Å²) in [5, 5.41) is 23.3. The van der Waals surface area contributed by atoms with Crippen molar-refractivity contribution in [2.24, 2.45) is 10.3 Å². The zero-order valence-corrected chi connectivity index (χ0v) is 14.3. The minimum atomic E-state index is -7.37. The molecule has 0 bridgehead atoms. The first-order chi connectivity index (χ1) is 13.5. The van der Waals surface area contributed by atoms with E-state index in [2.05, 4.69) is 15.2 Å². The van der Waals surface area contributed by atoms with Crippen LogP contribution in [0.4, 0.5) is 39.5 Å². The van der Waals surface area contributed by atoms with Gasteiger partial charge in [0.1, 0.15) is 0 Å². The molecule has 1 aromatic rings. The van der Waals surface area contributed by atoms with Gasteiger partial charge in [0.25, 0.3) is 11.6 Å². The first kappa shape index (κ1) is 23.4. The molecule has 1 atom stereocenters. The SMILES string of the molecule is CC1=NN(C(=O)c2ccncc2)C(O)(C(F)(F)C(F)(F)C(F)(F)C(F)(F)F)C1=NO. The largest absolute Gasteiger partial charge is 0.460 e. The Bertz CT molecular complexity index is 902. The monoisotopic (exact) mass is 452 g/mol. The third-order valence-electron chi connectivity index (χ3n) is 4.03. The number of alkyl halides is 9. The Kier molecular flexibility index (Phi) is 5.31. The molecular weight excluding hydrogens is 443 g/mol. The summed E-state index contributed by atoms with van der Waals surface area (Å²) in [6, 6.07) is 1.62. The second-order valence-corrected chi connectivity index (χ2v) is 5.88. The first-order valence-corrected chi connectivity index (χ1v) is 7.43. The van der Waals surface area contributed by atoms with Crippen molar-refractivity contribution in [2.75, 3.05) is 0 Å². The molecule has 0 saturated heterocycles. The second kappa shape index (κ2) is 6.82. The quantitative estimate of drug-likeness (QED) is 0.417. The molecule has 2 rings (SSSR count). The van der Waals surface area contributed by atoms with Gasteiger partial charge in [-0.15, -0.1) is 0 Å². The lowest BCUT2D eigenvalue weighted by atomic mass is 9.89. The number of carbonyl (C=O) groups excluding carboxylic acids is 1. The second-order valence-electron chi connectivity index (χ2n) is 5.88. The molecule has 0 saturated carbocycles. The molecule has 16 heteroatoms. The normalized spacial score (nSPS) is 22.4. The van der Waals surface area contributed by atoms with E-state index >= 15 is 0 Å². The third kappa shape index (κ3) is 2.88. The van der Waals surface area contributed by atoms with Crippen LogP contribution < -0.4 is 0 Å². The van der Waals surface area contributed by atoms with Crippen LogP contribution in [0, 0.1) is 0 Å². The highest BCUT2D eigenvalue weighted by Crippen LogP contribution is 2.57. The number of hydrogen-bond acceptors (Lipinski definition) is 6. The summed E-state index contributed by atoms with van der Waals surface area (Å²) in [7, 11) is 0. The van der Waals surface area contributed by atoms with Crippen LogP contribution in [0.3, 0.4) is 0 Å². The molecule has 1 aliphatic heterocycles. The molecule has 166 valence electrons. The Morgan fingerprint density at radius 1 is 1.03 bits per heavy atom. The van der Waals surface area contributed by atoms with E-state index in [4.69, 9.17) is 5.21 Å². The van der Waals surface area contributed by atoms with E-state index in [1.54, 1.807) is 0 Å². The topological polar surface area (TPSA) is 98.4 Å². The van der Waals surface area contributed by atoms with E-state index in [0.29, 0.717) is 6.92 Å². The van der Waals surface area contributed by atoms with Gasteiger partial charge in [-0.1, -0.05) is 5.16 Å². The number of hydrazone groups is 1. The smallest absolute Gasteiger partial charge is 0.410 e. The van der Waals surface area contributed by atoms with E-state index in [1.807, 2.05) is 0 Å². The van der Waals surface area contributed by atoms with Gasteiger partial charge in [0.2, 0.25) is 0 Å². The van der Waals surface area contributed by atoms with Crippen molar-refractivity contribution < 1.29 is 54.6 Å². The van der Waals surface area contributed by atoms with Gasteiger partial charge in [0.05, 0.1) is 5.71 Å². The number of aliphatic hydroxyl groups is 1. The zero-order valence-electron chi connectivity index (χ0n) is 14.3. The van der Waals surface area contributed by atoms with Crippen LogP contribution in [0.25, 0.3) is 0 Å². The van der Waals surface area contributed by atoms with E-state index in [-0.39, 0.29) is 0 Å². The van der Waals surface area contributed by atoms with Gasteiger partial charge in [-0.05, 0) is 19.1 Å². The van der Waals surface area contributed by atoms with Crippen LogP contribution in [0.5, 0.6) is 0 Å². The summed E-state index contributed by atoms with van der Waals surface area (Å²) in [6.45, 7) is 0.635. The maximum absolute atomic E-state index is 14.6. The Morgan fingerprint density at radius 3 is 1.97 bits per heavy atom. The molecule has 7 nitrogen and oxygen atoms in total. The van der Waals surface area contributed by atoms with Crippen LogP contribution in [-0.4, -0.2) is 67.3 Å². The fourth-order valence-corrected chi connectivity index (χ4v) is 2.45. The maximum atomic E-state index is 14.6. The van der Waals surface area contributed by atoms with Crippen molar-refractivity contribution in [3.8, 4) is 0 Å². The van der Waals surface area contributed by atoms with Crippen molar-refractivity contribution >= 4 is 17.3 Å². The summed E-state index contributed by atoms with van der Waals surface area (Å²) in [5.74, 6) is -23.3. The van der Waals surface area contributed by atoms with Crippen LogP contribution in [-0.2, 0) is 0 Å². The van der Waals surface area contributed by atoms with Crippen LogP contribution in [0.15, 0.2) is 34.8 Å². The molecule has 1 unspecified atom stereocenters. The van der Waals surface area contributed by atoms with Gasteiger partial charge < -0.3 is 10.3 Å². The van der Waals surface area contributed by atoms with Gasteiger partial charge in [-0.2, -0.15) is 49.6 Å². The lowest BCUT2D eigenvalue weighted by Crippen LogP contribution is -2.74. The summed E-state index contributed by atoms with van der Waals surface area (Å²) in [5.41, 5.74) is -8.67. The fourth-order valence-electron chi connectivity index (χ4n) is 2.45. The van der Waals surface area contributed by atoms with Crippen LogP contribution in [0.1, 0.15) is 17.3 Å². The van der Waals surface area contributed by atoms with Gasteiger partial charge in [-0.25, -0.2) is 0 Å². The van der Waals surface area contributed by atoms with E-state index in [1.165, 1.54) is 0 Å². The number of pyridine rings is 1. The Balaban J connectivity index is 2.74. The van der Waals surface area contributed by atoms with Crippen molar-refractivity contribution in [1.82, 2.24) is 9.99 Å². The molecule has 2 heterocycles. The van der Waals surface area contributed by atoms with Crippen molar-refractivity contribution in [3.63, 3.8) is 0 Å². The summed E-state index contributed by atoms with van der Waals surface area (Å²) < 4.78 is 121. The van der Waals surface area contributed by atoms with E-state index in [9.17, 15) is 49.4 Å². The number of halogens is 9. The minimum Gasteiger partial charge on any atom is -0.410 e.